The first-order chi connectivity index (χ1) is 9.16. The molecule has 2 rings (SSSR count). The van der Waals surface area contributed by atoms with Crippen LogP contribution in [0, 0.1) is 0 Å². The molecule has 0 saturated heterocycles. The van der Waals surface area contributed by atoms with Crippen molar-refractivity contribution in [2.45, 2.75) is 17.9 Å². The van der Waals surface area contributed by atoms with Crippen LogP contribution >= 0.6 is 24.2 Å². The lowest BCUT2D eigenvalue weighted by Crippen LogP contribution is -2.25. The van der Waals surface area contributed by atoms with Crippen LogP contribution in [0.4, 0.5) is 0 Å². The van der Waals surface area contributed by atoms with E-state index in [1.807, 2.05) is 10.8 Å². The Balaban J connectivity index is 1.82. The summed E-state index contributed by atoms with van der Waals surface area (Å²) in [6.07, 6.45) is 6.21. The fourth-order valence-electron chi connectivity index (χ4n) is 1.67. The number of carbonyl (C=O) groups excluding carboxylic acids is 1. The Hall–Kier alpha value is -1.46. The Morgan fingerprint density at radius 1 is 1.47 bits per heavy atom. The molecule has 0 radical (unpaired) electrons. The summed E-state index contributed by atoms with van der Waals surface area (Å²) in [5.41, 5.74) is 0.455. The van der Waals surface area contributed by atoms with Gasteiger partial charge in [0.25, 0.3) is 5.91 Å². The quantitative estimate of drug-likeness (QED) is 0.658. The summed E-state index contributed by atoms with van der Waals surface area (Å²) in [5, 5.41) is 3.27. The summed E-state index contributed by atoms with van der Waals surface area (Å²) in [5.74, 6) is -0.175. The number of imidazole rings is 1. The predicted molar refractivity (Wildman–Crippen MR) is 77.9 cm³/mol. The van der Waals surface area contributed by atoms with E-state index >= 15 is 0 Å². The first-order valence-corrected chi connectivity index (χ1v) is 6.72. The van der Waals surface area contributed by atoms with E-state index in [0.717, 1.165) is 13.0 Å². The molecule has 19 heavy (non-hydrogen) atoms. The van der Waals surface area contributed by atoms with E-state index in [9.17, 15) is 4.79 Å². The van der Waals surface area contributed by atoms with Crippen LogP contribution in [0.15, 0.2) is 41.8 Å². The topological polar surface area (TPSA) is 46.9 Å². The average molecular weight is 296 g/mol. The highest BCUT2D eigenvalue weighted by Crippen LogP contribution is 2.19. The summed E-state index contributed by atoms with van der Waals surface area (Å²) < 4.78 is 1.97. The molecule has 0 bridgehead atoms. The van der Waals surface area contributed by atoms with E-state index < -0.39 is 0 Å². The van der Waals surface area contributed by atoms with Gasteiger partial charge in [-0.1, -0.05) is 11.6 Å². The Kier molecular flexibility index (Phi) is 4.87. The normalized spacial score (nSPS) is 10.4. The van der Waals surface area contributed by atoms with Gasteiger partial charge in [-0.15, -0.1) is 12.6 Å². The van der Waals surface area contributed by atoms with Gasteiger partial charge in [-0.25, -0.2) is 4.98 Å². The van der Waals surface area contributed by atoms with E-state index in [1.165, 1.54) is 0 Å². The highest BCUT2D eigenvalue weighted by molar-refractivity contribution is 7.80. The maximum absolute atomic E-state index is 11.9. The van der Waals surface area contributed by atoms with Gasteiger partial charge < -0.3 is 9.88 Å². The SMILES string of the molecule is O=C(NCCCn1ccnc1)c1cc(S)ccc1Cl. The van der Waals surface area contributed by atoms with Gasteiger partial charge in [-0.2, -0.15) is 0 Å². The first-order valence-electron chi connectivity index (χ1n) is 5.89. The van der Waals surface area contributed by atoms with Crippen molar-refractivity contribution in [2.75, 3.05) is 6.54 Å². The summed E-state index contributed by atoms with van der Waals surface area (Å²) in [4.78, 5) is 16.6. The van der Waals surface area contributed by atoms with E-state index in [0.29, 0.717) is 22.0 Å². The number of rotatable bonds is 5. The number of nitrogens with zero attached hydrogens (tertiary/aromatic N) is 2. The third-order valence-electron chi connectivity index (χ3n) is 2.63. The monoisotopic (exact) mass is 295 g/mol. The van der Waals surface area contributed by atoms with Gasteiger partial charge in [0.05, 0.1) is 16.9 Å². The minimum absolute atomic E-state index is 0.175. The third kappa shape index (κ3) is 4.01. The first kappa shape index (κ1) is 14.0. The summed E-state index contributed by atoms with van der Waals surface area (Å²) >= 11 is 10.2. The average Bonchev–Trinajstić information content (AvgIpc) is 2.90. The van der Waals surface area contributed by atoms with Gasteiger partial charge in [0, 0.05) is 30.4 Å². The molecule has 1 aromatic heterocycles. The zero-order chi connectivity index (χ0) is 13.7. The van der Waals surface area contributed by atoms with Gasteiger partial charge in [0.15, 0.2) is 0 Å². The number of aromatic nitrogens is 2. The number of hydrogen-bond donors (Lipinski definition) is 2. The van der Waals surface area contributed by atoms with Crippen LogP contribution in [-0.2, 0) is 6.54 Å². The molecule has 6 heteroatoms. The Morgan fingerprint density at radius 2 is 2.32 bits per heavy atom. The van der Waals surface area contributed by atoms with Crippen LogP contribution in [0.1, 0.15) is 16.8 Å². The van der Waals surface area contributed by atoms with Crippen molar-refractivity contribution in [3.8, 4) is 0 Å². The predicted octanol–water partition coefficient (Wildman–Crippen LogP) is 2.65. The lowest BCUT2D eigenvalue weighted by atomic mass is 10.2. The van der Waals surface area contributed by atoms with Crippen LogP contribution < -0.4 is 5.32 Å². The molecule has 0 saturated carbocycles. The molecule has 1 N–H and O–H groups in total. The molecule has 0 aliphatic heterocycles. The van der Waals surface area contributed by atoms with Gasteiger partial charge in [-0.3, -0.25) is 4.79 Å². The molecule has 0 unspecified atom stereocenters. The van der Waals surface area contributed by atoms with E-state index in [1.54, 1.807) is 30.7 Å². The largest absolute Gasteiger partial charge is 0.352 e. The maximum Gasteiger partial charge on any atom is 0.252 e. The molecule has 0 fully saturated rings. The lowest BCUT2D eigenvalue weighted by Gasteiger charge is -2.07. The van der Waals surface area contributed by atoms with Crippen LogP contribution in [0.3, 0.4) is 0 Å². The molecule has 1 amide bonds. The molecular formula is C13H14ClN3OS. The molecule has 2 aromatic rings. The summed E-state index contributed by atoms with van der Waals surface area (Å²) in [7, 11) is 0. The number of thiol groups is 1. The zero-order valence-electron chi connectivity index (χ0n) is 10.2. The second-order valence-corrected chi connectivity index (χ2v) is 5.00. The molecule has 4 nitrogen and oxygen atoms in total. The minimum Gasteiger partial charge on any atom is -0.352 e. The van der Waals surface area contributed by atoms with Crippen LogP contribution in [0.5, 0.6) is 0 Å². The van der Waals surface area contributed by atoms with Crippen LogP contribution in [-0.4, -0.2) is 22.0 Å². The number of halogens is 1. The Morgan fingerprint density at radius 3 is 3.05 bits per heavy atom. The Bertz CT molecular complexity index is 557. The fourth-order valence-corrected chi connectivity index (χ4v) is 2.07. The number of hydrogen-bond acceptors (Lipinski definition) is 3. The van der Waals surface area contributed by atoms with Crippen molar-refractivity contribution >= 4 is 30.1 Å². The van der Waals surface area contributed by atoms with Crippen molar-refractivity contribution < 1.29 is 4.79 Å². The molecule has 1 heterocycles. The second-order valence-electron chi connectivity index (χ2n) is 4.07. The number of nitrogens with one attached hydrogen (secondary N) is 1. The fraction of sp³-hybridized carbons (Fsp3) is 0.231. The number of benzene rings is 1. The van der Waals surface area contributed by atoms with Crippen molar-refractivity contribution in [1.82, 2.24) is 14.9 Å². The highest BCUT2D eigenvalue weighted by atomic mass is 35.5. The molecule has 1 aromatic carbocycles. The van der Waals surface area contributed by atoms with Crippen molar-refractivity contribution in [3.63, 3.8) is 0 Å². The van der Waals surface area contributed by atoms with Crippen LogP contribution in [0.2, 0.25) is 5.02 Å². The van der Waals surface area contributed by atoms with Crippen molar-refractivity contribution in [2.24, 2.45) is 0 Å². The molecule has 0 aliphatic rings. The Labute approximate surface area is 122 Å². The van der Waals surface area contributed by atoms with E-state index in [2.05, 4.69) is 22.9 Å². The van der Waals surface area contributed by atoms with E-state index in [4.69, 9.17) is 11.6 Å². The molecule has 0 spiro atoms. The highest BCUT2D eigenvalue weighted by Gasteiger charge is 2.09. The molecule has 0 atom stereocenters. The minimum atomic E-state index is -0.175. The smallest absolute Gasteiger partial charge is 0.252 e. The molecular weight excluding hydrogens is 282 g/mol. The van der Waals surface area contributed by atoms with Gasteiger partial charge in [0.2, 0.25) is 0 Å². The second kappa shape index (κ2) is 6.63. The molecule has 100 valence electrons. The summed E-state index contributed by atoms with van der Waals surface area (Å²) in [6.45, 7) is 1.41. The lowest BCUT2D eigenvalue weighted by molar-refractivity contribution is 0.0952. The number of carbonyl (C=O) groups is 1. The van der Waals surface area contributed by atoms with Crippen LogP contribution in [0.25, 0.3) is 0 Å². The maximum atomic E-state index is 11.9. The summed E-state index contributed by atoms with van der Waals surface area (Å²) in [6, 6.07) is 5.09. The number of amides is 1. The number of aryl methyl sites for hydroxylation is 1. The van der Waals surface area contributed by atoms with Gasteiger partial charge in [0.1, 0.15) is 0 Å². The standard InChI is InChI=1S/C13H14ClN3OS/c14-12-3-2-10(19)8-11(12)13(18)16-4-1-6-17-7-5-15-9-17/h2-3,5,7-9,19H,1,4,6H2,(H,16,18). The molecule has 0 aliphatic carbocycles. The van der Waals surface area contributed by atoms with Gasteiger partial charge in [-0.05, 0) is 24.6 Å². The zero-order valence-corrected chi connectivity index (χ0v) is 11.9. The van der Waals surface area contributed by atoms with E-state index in [-0.39, 0.29) is 5.91 Å². The third-order valence-corrected chi connectivity index (χ3v) is 3.24. The van der Waals surface area contributed by atoms with Crippen molar-refractivity contribution in [3.05, 3.63) is 47.5 Å². The van der Waals surface area contributed by atoms with Crippen molar-refractivity contribution in [1.29, 1.82) is 0 Å². The van der Waals surface area contributed by atoms with Gasteiger partial charge >= 0.3 is 0 Å².